The Morgan fingerprint density at radius 1 is 1.73 bits per heavy atom. The highest BCUT2D eigenvalue weighted by molar-refractivity contribution is 5.49. The van der Waals surface area contributed by atoms with Gasteiger partial charge in [0.2, 0.25) is 6.41 Å². The molecule has 0 saturated carbocycles. The molecule has 1 atom stereocenters. The highest BCUT2D eigenvalue weighted by atomic mass is 16.5. The van der Waals surface area contributed by atoms with Crippen LogP contribution in [0.2, 0.25) is 0 Å². The van der Waals surface area contributed by atoms with Gasteiger partial charge >= 0.3 is 0 Å². The summed E-state index contributed by atoms with van der Waals surface area (Å²) in [7, 11) is 1.67. The summed E-state index contributed by atoms with van der Waals surface area (Å²) >= 11 is 0. The number of hydrogen-bond donors (Lipinski definition) is 0. The van der Waals surface area contributed by atoms with Gasteiger partial charge in [0.05, 0.1) is 12.1 Å². The number of likely N-dealkylation sites (tertiary alicyclic amines) is 1. The third-order valence-electron chi connectivity index (χ3n) is 2.39. The molecule has 11 heavy (non-hydrogen) atoms. The first kappa shape index (κ1) is 8.53. The average molecular weight is 157 g/mol. The van der Waals surface area contributed by atoms with Gasteiger partial charge in [-0.2, -0.15) is 0 Å². The van der Waals surface area contributed by atoms with Crippen molar-refractivity contribution in [3.8, 4) is 0 Å². The van der Waals surface area contributed by atoms with Crippen LogP contribution in [0.1, 0.15) is 19.8 Å². The number of amides is 1. The monoisotopic (exact) mass is 157 g/mol. The molecule has 1 unspecified atom stereocenters. The zero-order valence-electron chi connectivity index (χ0n) is 7.17. The van der Waals surface area contributed by atoms with Crippen LogP contribution in [0.15, 0.2) is 0 Å². The lowest BCUT2D eigenvalue weighted by Crippen LogP contribution is -2.43. The molecule has 64 valence electrons. The summed E-state index contributed by atoms with van der Waals surface area (Å²) in [6.07, 6.45) is 3.07. The molecule has 0 aliphatic carbocycles. The molecule has 1 saturated heterocycles. The minimum atomic E-state index is -0.0451. The van der Waals surface area contributed by atoms with E-state index in [1.807, 2.05) is 4.90 Å². The fraction of sp³-hybridized carbons (Fsp3) is 0.875. The van der Waals surface area contributed by atoms with Gasteiger partial charge in [0.15, 0.2) is 0 Å². The van der Waals surface area contributed by atoms with Gasteiger partial charge in [-0.25, -0.2) is 0 Å². The predicted octanol–water partition coefficient (Wildman–Crippen LogP) is 0.644. The lowest BCUT2D eigenvalue weighted by molar-refractivity contribution is -0.122. The molecule has 0 aromatic heterocycles. The van der Waals surface area contributed by atoms with E-state index in [0.29, 0.717) is 6.61 Å². The van der Waals surface area contributed by atoms with Crippen molar-refractivity contribution in [1.29, 1.82) is 0 Å². The Kier molecular flexibility index (Phi) is 2.49. The van der Waals surface area contributed by atoms with E-state index in [-0.39, 0.29) is 5.54 Å². The van der Waals surface area contributed by atoms with Crippen LogP contribution in [-0.4, -0.2) is 37.1 Å². The van der Waals surface area contributed by atoms with Gasteiger partial charge in [-0.15, -0.1) is 0 Å². The molecule has 1 heterocycles. The van der Waals surface area contributed by atoms with Crippen LogP contribution in [0.25, 0.3) is 0 Å². The summed E-state index contributed by atoms with van der Waals surface area (Å²) < 4.78 is 5.06. The first-order chi connectivity index (χ1) is 5.23. The molecule has 0 spiro atoms. The number of ether oxygens (including phenoxy) is 1. The number of methoxy groups -OCH3 is 1. The van der Waals surface area contributed by atoms with Crippen molar-refractivity contribution >= 4 is 6.41 Å². The van der Waals surface area contributed by atoms with Crippen LogP contribution in [0.5, 0.6) is 0 Å². The number of hydrogen-bond acceptors (Lipinski definition) is 2. The molecule has 1 aliphatic heterocycles. The normalized spacial score (nSPS) is 30.9. The second-order valence-corrected chi connectivity index (χ2v) is 3.33. The maximum absolute atomic E-state index is 10.6. The molecule has 0 aromatic carbocycles. The van der Waals surface area contributed by atoms with Crippen molar-refractivity contribution in [2.75, 3.05) is 20.3 Å². The van der Waals surface area contributed by atoms with Crippen molar-refractivity contribution in [2.24, 2.45) is 0 Å². The van der Waals surface area contributed by atoms with Crippen molar-refractivity contribution < 1.29 is 9.53 Å². The maximum atomic E-state index is 10.6. The largest absolute Gasteiger partial charge is 0.382 e. The van der Waals surface area contributed by atoms with E-state index in [4.69, 9.17) is 4.74 Å². The predicted molar refractivity (Wildman–Crippen MR) is 42.3 cm³/mol. The molecular weight excluding hydrogens is 142 g/mol. The van der Waals surface area contributed by atoms with Gasteiger partial charge in [0.1, 0.15) is 0 Å². The standard InChI is InChI=1S/C8H15NO2/c1-8(6-11-2)4-3-5-9(8)7-10/h7H,3-6H2,1-2H3. The van der Waals surface area contributed by atoms with Gasteiger partial charge in [-0.05, 0) is 19.8 Å². The Balaban J connectivity index is 2.58. The summed E-state index contributed by atoms with van der Waals surface area (Å²) in [6.45, 7) is 3.59. The highest BCUT2D eigenvalue weighted by Gasteiger charge is 2.35. The van der Waals surface area contributed by atoms with Crippen LogP contribution >= 0.6 is 0 Å². The second kappa shape index (κ2) is 3.22. The number of carbonyl (C=O) groups is 1. The fourth-order valence-electron chi connectivity index (χ4n) is 1.69. The molecular formula is C8H15NO2. The molecule has 3 heteroatoms. The number of nitrogens with zero attached hydrogens (tertiary/aromatic N) is 1. The van der Waals surface area contributed by atoms with Gasteiger partial charge in [-0.3, -0.25) is 4.79 Å². The van der Waals surface area contributed by atoms with E-state index in [9.17, 15) is 4.79 Å². The van der Waals surface area contributed by atoms with Crippen LogP contribution in [0.3, 0.4) is 0 Å². The Labute approximate surface area is 67.3 Å². The first-order valence-electron chi connectivity index (χ1n) is 3.94. The second-order valence-electron chi connectivity index (χ2n) is 3.33. The van der Waals surface area contributed by atoms with E-state index in [0.717, 1.165) is 25.8 Å². The van der Waals surface area contributed by atoms with Gasteiger partial charge in [0, 0.05) is 13.7 Å². The summed E-state index contributed by atoms with van der Waals surface area (Å²) in [5, 5.41) is 0. The van der Waals surface area contributed by atoms with Crippen LogP contribution in [-0.2, 0) is 9.53 Å². The third kappa shape index (κ3) is 1.53. The van der Waals surface area contributed by atoms with E-state index < -0.39 is 0 Å². The van der Waals surface area contributed by atoms with Crippen molar-refractivity contribution in [3.63, 3.8) is 0 Å². The summed E-state index contributed by atoms with van der Waals surface area (Å²) in [5.41, 5.74) is -0.0451. The van der Waals surface area contributed by atoms with Gasteiger partial charge in [0.25, 0.3) is 0 Å². The van der Waals surface area contributed by atoms with Crippen molar-refractivity contribution in [2.45, 2.75) is 25.3 Å². The Bertz CT molecular complexity index is 149. The first-order valence-corrected chi connectivity index (χ1v) is 3.94. The average Bonchev–Trinajstić information content (AvgIpc) is 2.31. The van der Waals surface area contributed by atoms with E-state index in [1.165, 1.54) is 0 Å². The highest BCUT2D eigenvalue weighted by Crippen LogP contribution is 2.27. The zero-order valence-corrected chi connectivity index (χ0v) is 7.17. The minimum Gasteiger partial charge on any atom is -0.382 e. The topological polar surface area (TPSA) is 29.5 Å². The Hall–Kier alpha value is -0.570. The lowest BCUT2D eigenvalue weighted by Gasteiger charge is -2.31. The van der Waals surface area contributed by atoms with E-state index in [2.05, 4.69) is 6.92 Å². The van der Waals surface area contributed by atoms with E-state index >= 15 is 0 Å². The van der Waals surface area contributed by atoms with Crippen LogP contribution in [0.4, 0.5) is 0 Å². The zero-order chi connectivity index (χ0) is 8.32. The van der Waals surface area contributed by atoms with Crippen LogP contribution < -0.4 is 0 Å². The SMILES string of the molecule is COCC1(C)CCCN1C=O. The van der Waals surface area contributed by atoms with Crippen molar-refractivity contribution in [1.82, 2.24) is 4.90 Å². The molecule has 0 N–H and O–H groups in total. The minimum absolute atomic E-state index is 0.0451. The molecule has 0 aromatic rings. The van der Waals surface area contributed by atoms with E-state index in [1.54, 1.807) is 7.11 Å². The van der Waals surface area contributed by atoms with Crippen molar-refractivity contribution in [3.05, 3.63) is 0 Å². The molecule has 1 fully saturated rings. The molecule has 1 aliphatic rings. The molecule has 3 nitrogen and oxygen atoms in total. The summed E-state index contributed by atoms with van der Waals surface area (Å²) in [6, 6.07) is 0. The maximum Gasteiger partial charge on any atom is 0.210 e. The van der Waals surface area contributed by atoms with Gasteiger partial charge < -0.3 is 9.64 Å². The summed E-state index contributed by atoms with van der Waals surface area (Å²) in [4.78, 5) is 12.4. The number of carbonyl (C=O) groups excluding carboxylic acids is 1. The molecule has 1 amide bonds. The van der Waals surface area contributed by atoms with Gasteiger partial charge in [-0.1, -0.05) is 0 Å². The molecule has 0 bridgehead atoms. The molecule has 1 rings (SSSR count). The third-order valence-corrected chi connectivity index (χ3v) is 2.39. The smallest absolute Gasteiger partial charge is 0.210 e. The Morgan fingerprint density at radius 3 is 3.00 bits per heavy atom. The van der Waals surface area contributed by atoms with Crippen LogP contribution in [0, 0.1) is 0 Å². The quantitative estimate of drug-likeness (QED) is 0.563. The lowest BCUT2D eigenvalue weighted by atomic mass is 10.0. The number of rotatable bonds is 3. The summed E-state index contributed by atoms with van der Waals surface area (Å²) in [5.74, 6) is 0. The Morgan fingerprint density at radius 2 is 2.45 bits per heavy atom. The molecule has 0 radical (unpaired) electrons. The fourth-order valence-corrected chi connectivity index (χ4v) is 1.69.